The van der Waals surface area contributed by atoms with Crippen LogP contribution in [0, 0.1) is 5.41 Å². The molecule has 0 spiro atoms. The van der Waals surface area contributed by atoms with Gasteiger partial charge in [0.15, 0.2) is 0 Å². The van der Waals surface area contributed by atoms with Crippen LogP contribution >= 0.6 is 23.4 Å². The highest BCUT2D eigenvalue weighted by atomic mass is 35.5. The molecule has 0 N–H and O–H groups in total. The highest BCUT2D eigenvalue weighted by Gasteiger charge is 2.30. The van der Waals surface area contributed by atoms with Crippen LogP contribution in [0.15, 0.2) is 0 Å². The van der Waals surface area contributed by atoms with Crippen LogP contribution in [-0.2, 0) is 4.79 Å². The average Bonchev–Trinajstić information content (AvgIpc) is 2.06. The summed E-state index contributed by atoms with van der Waals surface area (Å²) in [7, 11) is 0. The zero-order valence-electron chi connectivity index (χ0n) is 5.81. The van der Waals surface area contributed by atoms with Crippen molar-refractivity contribution in [2.75, 3.05) is 17.4 Å². The maximum atomic E-state index is 10.6. The summed E-state index contributed by atoms with van der Waals surface area (Å²) in [5.41, 5.74) is -0.174. The summed E-state index contributed by atoms with van der Waals surface area (Å²) < 4.78 is 0. The summed E-state index contributed by atoms with van der Waals surface area (Å²) in [5, 5.41) is 0. The molecule has 0 amide bonds. The van der Waals surface area contributed by atoms with E-state index in [9.17, 15) is 4.79 Å². The lowest BCUT2D eigenvalue weighted by Gasteiger charge is -2.28. The molecule has 0 atom stereocenters. The van der Waals surface area contributed by atoms with Gasteiger partial charge in [-0.15, -0.1) is 11.6 Å². The van der Waals surface area contributed by atoms with E-state index in [1.807, 2.05) is 11.8 Å². The number of hydrogen-bond acceptors (Lipinski definition) is 2. The van der Waals surface area contributed by atoms with Crippen LogP contribution in [0.5, 0.6) is 0 Å². The standard InChI is InChI=1S/C7H11ClOS/c8-5-7(6-9)1-3-10-4-2-7/h6H,1-5H2. The molecule has 0 aromatic carbocycles. The Morgan fingerprint density at radius 2 is 2.10 bits per heavy atom. The fourth-order valence-electron chi connectivity index (χ4n) is 1.06. The maximum Gasteiger partial charge on any atom is 0.127 e. The number of carbonyl (C=O) groups is 1. The van der Waals surface area contributed by atoms with Gasteiger partial charge in [0.1, 0.15) is 6.29 Å². The van der Waals surface area contributed by atoms with Gasteiger partial charge >= 0.3 is 0 Å². The molecule has 0 aromatic rings. The first-order valence-corrected chi connectivity index (χ1v) is 5.12. The highest BCUT2D eigenvalue weighted by Crippen LogP contribution is 2.33. The first-order chi connectivity index (χ1) is 4.83. The monoisotopic (exact) mass is 178 g/mol. The molecule has 1 nitrogen and oxygen atoms in total. The Morgan fingerprint density at radius 3 is 2.40 bits per heavy atom. The lowest BCUT2D eigenvalue weighted by molar-refractivity contribution is -0.115. The molecule has 0 radical (unpaired) electrons. The number of aldehydes is 1. The molecule has 10 heavy (non-hydrogen) atoms. The van der Waals surface area contributed by atoms with Crippen LogP contribution in [0.25, 0.3) is 0 Å². The summed E-state index contributed by atoms with van der Waals surface area (Å²) in [6.07, 6.45) is 2.97. The molecule has 0 saturated carbocycles. The van der Waals surface area contributed by atoms with Gasteiger partial charge in [-0.05, 0) is 24.3 Å². The van der Waals surface area contributed by atoms with Crippen molar-refractivity contribution in [1.82, 2.24) is 0 Å². The van der Waals surface area contributed by atoms with E-state index in [4.69, 9.17) is 11.6 Å². The number of rotatable bonds is 2. The van der Waals surface area contributed by atoms with Gasteiger partial charge in [0.25, 0.3) is 0 Å². The fourth-order valence-corrected chi connectivity index (χ4v) is 2.70. The van der Waals surface area contributed by atoms with E-state index >= 15 is 0 Å². The molecule has 3 heteroatoms. The Morgan fingerprint density at radius 1 is 1.50 bits per heavy atom. The summed E-state index contributed by atoms with van der Waals surface area (Å²) in [6.45, 7) is 0. The first-order valence-electron chi connectivity index (χ1n) is 3.43. The zero-order valence-corrected chi connectivity index (χ0v) is 7.38. The van der Waals surface area contributed by atoms with E-state index in [0.29, 0.717) is 5.88 Å². The minimum atomic E-state index is -0.174. The predicted molar refractivity (Wildman–Crippen MR) is 45.8 cm³/mol. The van der Waals surface area contributed by atoms with Crippen LogP contribution in [0.4, 0.5) is 0 Å². The molecule has 58 valence electrons. The number of alkyl halides is 1. The van der Waals surface area contributed by atoms with Crippen molar-refractivity contribution in [2.24, 2.45) is 5.41 Å². The maximum absolute atomic E-state index is 10.6. The third-order valence-corrected chi connectivity index (χ3v) is 3.52. The normalized spacial score (nSPS) is 24.1. The van der Waals surface area contributed by atoms with Gasteiger partial charge in [-0.1, -0.05) is 0 Å². The summed E-state index contributed by atoms with van der Waals surface area (Å²) in [4.78, 5) is 10.6. The fraction of sp³-hybridized carbons (Fsp3) is 0.857. The van der Waals surface area contributed by atoms with E-state index in [0.717, 1.165) is 30.6 Å². The Labute approximate surface area is 70.5 Å². The van der Waals surface area contributed by atoms with Gasteiger partial charge < -0.3 is 4.79 Å². The zero-order chi connectivity index (χ0) is 7.45. The molecule has 1 saturated heterocycles. The van der Waals surface area contributed by atoms with E-state index in [1.54, 1.807) is 0 Å². The molecule has 1 rings (SSSR count). The molecule has 0 aromatic heterocycles. The van der Waals surface area contributed by atoms with Gasteiger partial charge in [-0.25, -0.2) is 0 Å². The molecule has 1 aliphatic heterocycles. The Kier molecular flexibility index (Phi) is 3.05. The molecule has 0 bridgehead atoms. The van der Waals surface area contributed by atoms with E-state index in [2.05, 4.69) is 0 Å². The van der Waals surface area contributed by atoms with Gasteiger partial charge in [0.05, 0.1) is 0 Å². The van der Waals surface area contributed by atoms with Crippen LogP contribution in [0.1, 0.15) is 12.8 Å². The third kappa shape index (κ3) is 1.67. The SMILES string of the molecule is O=CC1(CCl)CCSCC1. The van der Waals surface area contributed by atoms with Gasteiger partial charge in [0.2, 0.25) is 0 Å². The van der Waals surface area contributed by atoms with Crippen molar-refractivity contribution in [3.63, 3.8) is 0 Å². The quantitative estimate of drug-likeness (QED) is 0.475. The molecular formula is C7H11ClOS. The topological polar surface area (TPSA) is 17.1 Å². The van der Waals surface area contributed by atoms with Crippen molar-refractivity contribution in [2.45, 2.75) is 12.8 Å². The third-order valence-electron chi connectivity index (χ3n) is 2.00. The van der Waals surface area contributed by atoms with Crippen LogP contribution in [0.2, 0.25) is 0 Å². The highest BCUT2D eigenvalue weighted by molar-refractivity contribution is 7.99. The smallest absolute Gasteiger partial charge is 0.127 e. The summed E-state index contributed by atoms with van der Waals surface area (Å²) >= 11 is 7.61. The van der Waals surface area contributed by atoms with Crippen molar-refractivity contribution < 1.29 is 4.79 Å². The molecule has 0 unspecified atom stereocenters. The molecular weight excluding hydrogens is 168 g/mol. The van der Waals surface area contributed by atoms with Crippen LogP contribution in [0.3, 0.4) is 0 Å². The Hall–Kier alpha value is 0.310. The minimum Gasteiger partial charge on any atom is -0.303 e. The van der Waals surface area contributed by atoms with Crippen LogP contribution < -0.4 is 0 Å². The van der Waals surface area contributed by atoms with Crippen LogP contribution in [-0.4, -0.2) is 23.7 Å². The second kappa shape index (κ2) is 3.63. The van der Waals surface area contributed by atoms with Gasteiger partial charge in [0, 0.05) is 11.3 Å². The average molecular weight is 179 g/mol. The van der Waals surface area contributed by atoms with Gasteiger partial charge in [-0.2, -0.15) is 11.8 Å². The number of thioether (sulfide) groups is 1. The van der Waals surface area contributed by atoms with Crippen molar-refractivity contribution >= 4 is 29.6 Å². The summed E-state index contributed by atoms with van der Waals surface area (Å²) in [5.74, 6) is 2.67. The molecule has 0 aliphatic carbocycles. The van der Waals surface area contributed by atoms with E-state index in [-0.39, 0.29) is 5.41 Å². The van der Waals surface area contributed by atoms with Crippen molar-refractivity contribution in [3.05, 3.63) is 0 Å². The molecule has 1 fully saturated rings. The second-order valence-corrected chi connectivity index (χ2v) is 4.22. The number of hydrogen-bond donors (Lipinski definition) is 0. The molecule has 1 heterocycles. The minimum absolute atomic E-state index is 0.174. The predicted octanol–water partition coefficient (Wildman–Crippen LogP) is 1.94. The lowest BCUT2D eigenvalue weighted by Crippen LogP contribution is -2.29. The Bertz CT molecular complexity index is 121. The number of halogens is 1. The van der Waals surface area contributed by atoms with Crippen molar-refractivity contribution in [3.8, 4) is 0 Å². The van der Waals surface area contributed by atoms with E-state index < -0.39 is 0 Å². The lowest BCUT2D eigenvalue weighted by atomic mass is 9.86. The van der Waals surface area contributed by atoms with Gasteiger partial charge in [-0.3, -0.25) is 0 Å². The largest absolute Gasteiger partial charge is 0.303 e. The Balaban J connectivity index is 2.52. The van der Waals surface area contributed by atoms with E-state index in [1.165, 1.54) is 0 Å². The molecule has 1 aliphatic rings. The summed E-state index contributed by atoms with van der Waals surface area (Å²) in [6, 6.07) is 0. The second-order valence-electron chi connectivity index (χ2n) is 2.73. The number of carbonyl (C=O) groups excluding carboxylic acids is 1. The first kappa shape index (κ1) is 8.41. The van der Waals surface area contributed by atoms with Crippen molar-refractivity contribution in [1.29, 1.82) is 0 Å².